The van der Waals surface area contributed by atoms with Crippen molar-refractivity contribution >= 4 is 45.2 Å². The number of piperidine rings is 1. The Morgan fingerprint density at radius 2 is 1.86 bits per heavy atom. The fourth-order valence-corrected chi connectivity index (χ4v) is 4.94. The van der Waals surface area contributed by atoms with E-state index in [0.717, 1.165) is 5.56 Å². The Balaban J connectivity index is 1.48. The minimum absolute atomic E-state index is 0.00143. The fraction of sp³-hybridized carbons (Fsp3) is 0.462. The second kappa shape index (κ2) is 10.2. The predicted octanol–water partition coefficient (Wildman–Crippen LogP) is 5.31. The topological polar surface area (TPSA) is 85.1 Å². The molecule has 0 spiro atoms. The van der Waals surface area contributed by atoms with Gasteiger partial charge in [-0.3, -0.25) is 9.69 Å². The lowest BCUT2D eigenvalue weighted by Crippen LogP contribution is -2.57. The van der Waals surface area contributed by atoms with Gasteiger partial charge in [-0.15, -0.1) is 0 Å². The lowest BCUT2D eigenvalue weighted by atomic mass is 9.82. The lowest BCUT2D eigenvalue weighted by molar-refractivity contribution is -0.140. The molecule has 0 aromatic heterocycles. The van der Waals surface area contributed by atoms with Crippen molar-refractivity contribution < 1.29 is 23.5 Å². The van der Waals surface area contributed by atoms with Crippen molar-refractivity contribution in [1.82, 2.24) is 4.90 Å². The molecule has 2 aliphatic rings. The van der Waals surface area contributed by atoms with E-state index >= 15 is 0 Å². The normalized spacial score (nSPS) is 19.4. The summed E-state index contributed by atoms with van der Waals surface area (Å²) in [6.07, 6.45) is 0.305. The van der Waals surface area contributed by atoms with E-state index in [2.05, 4.69) is 15.9 Å². The molecule has 2 N–H and O–H groups in total. The molecule has 2 aromatic rings. The Morgan fingerprint density at radius 3 is 2.47 bits per heavy atom. The number of fused-ring (bicyclic) bond motifs is 1. The minimum Gasteiger partial charge on any atom is -0.476 e. The van der Waals surface area contributed by atoms with Crippen LogP contribution in [0.4, 0.5) is 14.9 Å². The number of amides is 2. The van der Waals surface area contributed by atoms with Crippen LogP contribution in [0.3, 0.4) is 0 Å². The number of halogens is 3. The zero-order valence-corrected chi connectivity index (χ0v) is 22.9. The highest BCUT2D eigenvalue weighted by molar-refractivity contribution is 9.10. The van der Waals surface area contributed by atoms with E-state index in [1.54, 1.807) is 49.9 Å². The number of hydrogen-bond acceptors (Lipinski definition) is 5. The van der Waals surface area contributed by atoms with E-state index in [4.69, 9.17) is 26.8 Å². The predicted molar refractivity (Wildman–Crippen MR) is 140 cm³/mol. The molecule has 194 valence electrons. The van der Waals surface area contributed by atoms with Gasteiger partial charge >= 0.3 is 6.09 Å². The van der Waals surface area contributed by atoms with Crippen molar-refractivity contribution in [3.8, 4) is 5.75 Å². The van der Waals surface area contributed by atoms with Gasteiger partial charge in [0.15, 0.2) is 6.10 Å². The van der Waals surface area contributed by atoms with Gasteiger partial charge in [-0.25, -0.2) is 9.18 Å². The largest absolute Gasteiger partial charge is 0.476 e. The number of nitrogens with zero attached hydrogens (tertiary/aromatic N) is 2. The van der Waals surface area contributed by atoms with Crippen molar-refractivity contribution in [3.05, 3.63) is 57.3 Å². The molecule has 0 aliphatic carbocycles. The molecule has 7 nitrogen and oxygen atoms in total. The smallest absolute Gasteiger partial charge is 0.415 e. The summed E-state index contributed by atoms with van der Waals surface area (Å²) in [5, 5.41) is 0.409. The summed E-state index contributed by atoms with van der Waals surface area (Å²) < 4.78 is 25.5. The average molecular weight is 583 g/mol. The first-order chi connectivity index (χ1) is 16.8. The van der Waals surface area contributed by atoms with Crippen LogP contribution in [-0.2, 0) is 16.0 Å². The van der Waals surface area contributed by atoms with Gasteiger partial charge in [0.1, 0.15) is 17.2 Å². The number of likely N-dealkylation sites (tertiary alicyclic amines) is 1. The third-order valence-electron chi connectivity index (χ3n) is 6.34. The van der Waals surface area contributed by atoms with Crippen LogP contribution < -0.4 is 15.4 Å². The van der Waals surface area contributed by atoms with Crippen molar-refractivity contribution in [2.24, 2.45) is 5.73 Å². The van der Waals surface area contributed by atoms with Crippen LogP contribution in [0.15, 0.2) is 40.9 Å². The van der Waals surface area contributed by atoms with Gasteiger partial charge in [-0.2, -0.15) is 0 Å². The maximum Gasteiger partial charge on any atom is 0.415 e. The van der Waals surface area contributed by atoms with E-state index in [9.17, 15) is 14.0 Å². The van der Waals surface area contributed by atoms with E-state index in [1.807, 2.05) is 0 Å². The Bertz CT molecular complexity index is 1150. The van der Waals surface area contributed by atoms with Gasteiger partial charge in [0.25, 0.3) is 5.91 Å². The van der Waals surface area contributed by atoms with Crippen LogP contribution in [0.25, 0.3) is 0 Å². The standard InChI is InChI=1S/C26H30BrClFN3O4/c1-25(2,3)36-24(34)32-15-22(35-21-12-18(27)19(28)13-20(21)32)23(33)31-10-8-26(30,9-11-31)14-16-4-6-17(29)7-5-16/h4-7,12-13,22H,8-11,14-15,30H2,1-3H3. The molecule has 2 aliphatic heterocycles. The molecule has 10 heteroatoms. The SMILES string of the molecule is CC(C)(C)OC(=O)N1CC(C(=O)N2CCC(N)(Cc3ccc(F)cc3)CC2)Oc2cc(Br)c(Cl)cc21. The number of hydrogen-bond donors (Lipinski definition) is 1. The number of benzene rings is 2. The van der Waals surface area contributed by atoms with Crippen LogP contribution in [0.2, 0.25) is 5.02 Å². The molecule has 1 fully saturated rings. The molecule has 4 rings (SSSR count). The molecule has 36 heavy (non-hydrogen) atoms. The highest BCUT2D eigenvalue weighted by atomic mass is 79.9. The third kappa shape index (κ3) is 6.12. The number of rotatable bonds is 3. The highest BCUT2D eigenvalue weighted by Crippen LogP contribution is 2.41. The lowest BCUT2D eigenvalue weighted by Gasteiger charge is -2.42. The monoisotopic (exact) mass is 581 g/mol. The van der Waals surface area contributed by atoms with E-state index < -0.39 is 23.3 Å². The van der Waals surface area contributed by atoms with Crippen molar-refractivity contribution in [3.63, 3.8) is 0 Å². The molecule has 1 saturated heterocycles. The summed E-state index contributed by atoms with van der Waals surface area (Å²) in [6, 6.07) is 9.60. The molecular weight excluding hydrogens is 553 g/mol. The summed E-state index contributed by atoms with van der Waals surface area (Å²) in [7, 11) is 0. The second-order valence-electron chi connectivity index (χ2n) is 10.4. The number of ether oxygens (including phenoxy) is 2. The van der Waals surface area contributed by atoms with Crippen LogP contribution in [-0.4, -0.2) is 53.8 Å². The van der Waals surface area contributed by atoms with Crippen molar-refractivity contribution in [1.29, 1.82) is 0 Å². The third-order valence-corrected chi connectivity index (χ3v) is 7.54. The van der Waals surface area contributed by atoms with E-state index in [1.165, 1.54) is 17.0 Å². The summed E-state index contributed by atoms with van der Waals surface area (Å²) in [5.74, 6) is -0.138. The van der Waals surface area contributed by atoms with Gasteiger partial charge < -0.3 is 20.1 Å². The number of anilines is 1. The summed E-state index contributed by atoms with van der Waals surface area (Å²) in [6.45, 7) is 6.26. The molecule has 1 atom stereocenters. The van der Waals surface area contributed by atoms with Gasteiger partial charge in [-0.1, -0.05) is 23.7 Å². The average Bonchev–Trinajstić information content (AvgIpc) is 2.79. The van der Waals surface area contributed by atoms with Crippen LogP contribution in [0.1, 0.15) is 39.2 Å². The summed E-state index contributed by atoms with van der Waals surface area (Å²) in [5.41, 5.74) is 6.84. The number of nitrogens with two attached hydrogens (primary N) is 1. The van der Waals surface area contributed by atoms with Crippen molar-refractivity contribution in [2.45, 2.75) is 57.3 Å². The fourth-order valence-electron chi connectivity index (χ4n) is 4.46. The molecule has 0 radical (unpaired) electrons. The van der Waals surface area contributed by atoms with E-state index in [0.29, 0.717) is 53.3 Å². The molecule has 0 bridgehead atoms. The van der Waals surface area contributed by atoms with Gasteiger partial charge in [0.2, 0.25) is 0 Å². The van der Waals surface area contributed by atoms with E-state index in [-0.39, 0.29) is 18.3 Å². The zero-order valence-electron chi connectivity index (χ0n) is 20.5. The summed E-state index contributed by atoms with van der Waals surface area (Å²) >= 11 is 9.66. The van der Waals surface area contributed by atoms with Gasteiger partial charge in [0, 0.05) is 23.1 Å². The first-order valence-electron chi connectivity index (χ1n) is 11.8. The van der Waals surface area contributed by atoms with Gasteiger partial charge in [0.05, 0.1) is 17.3 Å². The highest BCUT2D eigenvalue weighted by Gasteiger charge is 2.40. The second-order valence-corrected chi connectivity index (χ2v) is 11.7. The maximum absolute atomic E-state index is 13.5. The maximum atomic E-state index is 13.5. The molecule has 1 unspecified atom stereocenters. The first-order valence-corrected chi connectivity index (χ1v) is 13.0. The zero-order chi connectivity index (χ0) is 26.3. The van der Waals surface area contributed by atoms with Crippen LogP contribution in [0, 0.1) is 5.82 Å². The van der Waals surface area contributed by atoms with Crippen LogP contribution in [0.5, 0.6) is 5.75 Å². The summed E-state index contributed by atoms with van der Waals surface area (Å²) in [4.78, 5) is 29.6. The molecule has 2 heterocycles. The Labute approximate surface area is 223 Å². The first kappa shape index (κ1) is 26.7. The Morgan fingerprint density at radius 1 is 1.22 bits per heavy atom. The molecular formula is C26H30BrClFN3O4. The van der Waals surface area contributed by atoms with Crippen molar-refractivity contribution in [2.75, 3.05) is 24.5 Å². The quantitative estimate of drug-likeness (QED) is 0.531. The molecule has 2 aromatic carbocycles. The van der Waals surface area contributed by atoms with Gasteiger partial charge in [-0.05, 0) is 85.8 Å². The Hall–Kier alpha value is -2.36. The Kier molecular flexibility index (Phi) is 7.55. The number of carbonyl (C=O) groups is 2. The minimum atomic E-state index is -0.902. The molecule has 2 amide bonds. The number of carbonyl (C=O) groups excluding carboxylic acids is 2. The molecule has 0 saturated carbocycles. The van der Waals surface area contributed by atoms with Crippen LogP contribution >= 0.6 is 27.5 Å².